The predicted molar refractivity (Wildman–Crippen MR) is 83.2 cm³/mol. The Morgan fingerprint density at radius 3 is 2.86 bits per heavy atom. The number of carbonyl (C=O) groups is 1. The molecule has 0 aliphatic carbocycles. The molecule has 3 rings (SSSR count). The Morgan fingerprint density at radius 2 is 2.14 bits per heavy atom. The largest absolute Gasteiger partial charge is 0.451 e. The molecule has 0 saturated carbocycles. The molecule has 0 unspecified atom stereocenters. The highest BCUT2D eigenvalue weighted by Crippen LogP contribution is 2.27. The van der Waals surface area contributed by atoms with Crippen LogP contribution in [-0.4, -0.2) is 50.3 Å². The van der Waals surface area contributed by atoms with E-state index in [1.807, 2.05) is 32.0 Å². The van der Waals surface area contributed by atoms with Gasteiger partial charge in [-0.15, -0.1) is 0 Å². The second kappa shape index (κ2) is 6.10. The average molecular weight is 303 g/mol. The first-order chi connectivity index (χ1) is 10.6. The highest BCUT2D eigenvalue weighted by Gasteiger charge is 2.24. The van der Waals surface area contributed by atoms with Crippen LogP contribution in [-0.2, 0) is 9.47 Å². The number of likely N-dealkylation sites (N-methyl/N-ethyl adjacent to an activating group) is 1. The van der Waals surface area contributed by atoms with Crippen molar-refractivity contribution in [2.24, 2.45) is 0 Å². The Labute approximate surface area is 129 Å². The number of rotatable bonds is 3. The fourth-order valence-corrected chi connectivity index (χ4v) is 2.74. The molecule has 1 atom stereocenters. The average Bonchev–Trinajstić information content (AvgIpc) is 2.83. The van der Waals surface area contributed by atoms with Crippen molar-refractivity contribution >= 4 is 16.9 Å². The Morgan fingerprint density at radius 1 is 1.32 bits per heavy atom. The zero-order valence-electron chi connectivity index (χ0n) is 13.2. The van der Waals surface area contributed by atoms with E-state index in [0.29, 0.717) is 32.1 Å². The molecule has 5 nitrogen and oxygen atoms in total. The Bertz CT molecular complexity index is 685. The van der Waals surface area contributed by atoms with Gasteiger partial charge in [-0.05, 0) is 25.5 Å². The quantitative estimate of drug-likeness (QED) is 0.874. The van der Waals surface area contributed by atoms with E-state index >= 15 is 0 Å². The van der Waals surface area contributed by atoms with Gasteiger partial charge in [-0.2, -0.15) is 0 Å². The number of furan rings is 1. The van der Waals surface area contributed by atoms with Crippen LogP contribution in [0.25, 0.3) is 11.0 Å². The normalized spacial score (nSPS) is 18.6. The van der Waals surface area contributed by atoms with Gasteiger partial charge < -0.3 is 18.8 Å². The molecule has 0 spiro atoms. The van der Waals surface area contributed by atoms with Gasteiger partial charge in [-0.1, -0.05) is 12.1 Å². The number of fused-ring (bicyclic) bond motifs is 1. The van der Waals surface area contributed by atoms with Crippen molar-refractivity contribution in [2.75, 3.05) is 33.4 Å². The van der Waals surface area contributed by atoms with E-state index in [4.69, 9.17) is 13.9 Å². The van der Waals surface area contributed by atoms with Crippen molar-refractivity contribution < 1.29 is 18.7 Å². The maximum absolute atomic E-state index is 12.6. The van der Waals surface area contributed by atoms with E-state index in [-0.39, 0.29) is 12.0 Å². The predicted octanol–water partition coefficient (Wildman–Crippen LogP) is 2.54. The van der Waals surface area contributed by atoms with Crippen LogP contribution in [0.3, 0.4) is 0 Å². The minimum Gasteiger partial charge on any atom is -0.451 e. The summed E-state index contributed by atoms with van der Waals surface area (Å²) in [7, 11) is 1.76. The lowest BCUT2D eigenvalue weighted by molar-refractivity contribution is -0.0934. The lowest BCUT2D eigenvalue weighted by atomic mass is 10.1. The summed E-state index contributed by atoms with van der Waals surface area (Å²) in [5.74, 6) is 0.278. The van der Waals surface area contributed by atoms with Crippen LogP contribution in [0.5, 0.6) is 0 Å². The molecule has 1 aromatic heterocycles. The fraction of sp³-hybridized carbons (Fsp3) is 0.471. The molecule has 2 heterocycles. The van der Waals surface area contributed by atoms with Crippen LogP contribution < -0.4 is 0 Å². The molecule has 1 aliphatic rings. The zero-order chi connectivity index (χ0) is 15.7. The minimum absolute atomic E-state index is 0.0744. The minimum atomic E-state index is -0.125. The summed E-state index contributed by atoms with van der Waals surface area (Å²) in [4.78, 5) is 14.3. The van der Waals surface area contributed by atoms with Crippen molar-refractivity contribution in [3.05, 3.63) is 35.1 Å². The second-order valence-corrected chi connectivity index (χ2v) is 5.81. The van der Waals surface area contributed by atoms with Crippen molar-refractivity contribution in [1.29, 1.82) is 0 Å². The first-order valence-corrected chi connectivity index (χ1v) is 7.51. The monoisotopic (exact) mass is 303 g/mol. The van der Waals surface area contributed by atoms with Gasteiger partial charge in [0.15, 0.2) is 5.76 Å². The third-order valence-corrected chi connectivity index (χ3v) is 4.00. The van der Waals surface area contributed by atoms with Crippen LogP contribution in [0.2, 0.25) is 0 Å². The maximum atomic E-state index is 12.6. The van der Waals surface area contributed by atoms with Gasteiger partial charge in [0.2, 0.25) is 0 Å². The number of hydrogen-bond donors (Lipinski definition) is 0. The molecule has 22 heavy (non-hydrogen) atoms. The molecule has 1 amide bonds. The molecule has 0 radical (unpaired) electrons. The Hall–Kier alpha value is -1.85. The number of benzene rings is 1. The zero-order valence-corrected chi connectivity index (χ0v) is 13.2. The highest BCUT2D eigenvalue weighted by molar-refractivity contribution is 5.98. The molecule has 2 aromatic rings. The first kappa shape index (κ1) is 15.1. The van der Waals surface area contributed by atoms with Gasteiger partial charge in [0, 0.05) is 24.5 Å². The lowest BCUT2D eigenvalue weighted by Crippen LogP contribution is -2.40. The molecule has 0 N–H and O–H groups in total. The van der Waals surface area contributed by atoms with E-state index in [0.717, 1.165) is 22.1 Å². The number of aryl methyl sites for hydroxylation is 2. The third kappa shape index (κ3) is 2.87. The molecule has 1 aromatic carbocycles. The van der Waals surface area contributed by atoms with Crippen molar-refractivity contribution in [2.45, 2.75) is 20.0 Å². The fourth-order valence-electron chi connectivity index (χ4n) is 2.74. The van der Waals surface area contributed by atoms with E-state index in [1.165, 1.54) is 0 Å². The molecular weight excluding hydrogens is 282 g/mol. The van der Waals surface area contributed by atoms with Crippen LogP contribution in [0.1, 0.15) is 21.7 Å². The maximum Gasteiger partial charge on any atom is 0.289 e. The van der Waals surface area contributed by atoms with E-state index < -0.39 is 0 Å². The van der Waals surface area contributed by atoms with Gasteiger partial charge in [0.25, 0.3) is 5.91 Å². The molecule has 1 aliphatic heterocycles. The van der Waals surface area contributed by atoms with Crippen LogP contribution in [0, 0.1) is 13.8 Å². The van der Waals surface area contributed by atoms with Gasteiger partial charge >= 0.3 is 0 Å². The molecular formula is C17H21NO4. The van der Waals surface area contributed by atoms with Gasteiger partial charge in [-0.25, -0.2) is 0 Å². The van der Waals surface area contributed by atoms with E-state index in [1.54, 1.807) is 11.9 Å². The van der Waals surface area contributed by atoms with Crippen LogP contribution in [0.15, 0.2) is 22.6 Å². The van der Waals surface area contributed by atoms with Crippen molar-refractivity contribution in [3.8, 4) is 0 Å². The summed E-state index contributed by atoms with van der Waals surface area (Å²) >= 11 is 0. The van der Waals surface area contributed by atoms with Crippen LogP contribution in [0.4, 0.5) is 0 Å². The first-order valence-electron chi connectivity index (χ1n) is 7.51. The van der Waals surface area contributed by atoms with Gasteiger partial charge in [0.05, 0.1) is 25.9 Å². The Kier molecular flexibility index (Phi) is 4.18. The summed E-state index contributed by atoms with van der Waals surface area (Å²) in [6, 6.07) is 5.98. The number of ether oxygens (including phenoxy) is 2. The molecule has 1 fully saturated rings. The topological polar surface area (TPSA) is 51.9 Å². The lowest BCUT2D eigenvalue weighted by Gasteiger charge is -2.27. The number of nitrogens with zero attached hydrogens (tertiary/aromatic N) is 1. The standard InChI is InChI=1S/C17H21NO4/c1-11-4-5-14-12(2)16(22-15(14)8-11)17(19)18(3)9-13-10-20-6-7-21-13/h4-5,8,13H,6-7,9-10H2,1-3H3/t13-/m1/s1. The number of carbonyl (C=O) groups excluding carboxylic acids is 1. The summed E-state index contributed by atoms with van der Waals surface area (Å²) in [5, 5.41) is 0.986. The number of hydrogen-bond acceptors (Lipinski definition) is 4. The van der Waals surface area contributed by atoms with Crippen molar-refractivity contribution in [1.82, 2.24) is 4.90 Å². The SMILES string of the molecule is Cc1ccc2c(C)c(C(=O)N(C)C[C@@H]3COCCO3)oc2c1. The molecule has 1 saturated heterocycles. The van der Waals surface area contributed by atoms with Crippen molar-refractivity contribution in [3.63, 3.8) is 0 Å². The molecule has 118 valence electrons. The molecule has 0 bridgehead atoms. The highest BCUT2D eigenvalue weighted by atomic mass is 16.6. The summed E-state index contributed by atoms with van der Waals surface area (Å²) in [6.45, 7) is 6.14. The molecule has 5 heteroatoms. The van der Waals surface area contributed by atoms with Gasteiger partial charge in [-0.3, -0.25) is 4.79 Å². The van der Waals surface area contributed by atoms with E-state index in [2.05, 4.69) is 0 Å². The summed E-state index contributed by atoms with van der Waals surface area (Å²) in [5.41, 5.74) is 2.75. The van der Waals surface area contributed by atoms with E-state index in [9.17, 15) is 4.79 Å². The third-order valence-electron chi connectivity index (χ3n) is 4.00. The Balaban J connectivity index is 1.80. The smallest absolute Gasteiger partial charge is 0.289 e. The second-order valence-electron chi connectivity index (χ2n) is 5.81. The van der Waals surface area contributed by atoms with Gasteiger partial charge in [0.1, 0.15) is 5.58 Å². The van der Waals surface area contributed by atoms with Crippen LogP contribution >= 0.6 is 0 Å². The summed E-state index contributed by atoms with van der Waals surface area (Å²) < 4.78 is 16.7. The summed E-state index contributed by atoms with van der Waals surface area (Å²) in [6.07, 6.45) is -0.0744. The number of amides is 1.